The Morgan fingerprint density at radius 1 is 1.09 bits per heavy atom. The molecule has 13 atom stereocenters. The number of hydrogen-bond donors (Lipinski definition) is 4. The Balaban J connectivity index is 1.67. The summed E-state index contributed by atoms with van der Waals surface area (Å²) in [5.41, 5.74) is -4.15. The van der Waals surface area contributed by atoms with Crippen LogP contribution in [-0.4, -0.2) is 108 Å². The number of aliphatic hydroxyl groups is 4. The summed E-state index contributed by atoms with van der Waals surface area (Å²) in [4.78, 5) is 2.28. The third kappa shape index (κ3) is 1.99. The van der Waals surface area contributed by atoms with E-state index in [2.05, 4.69) is 11.8 Å². The van der Waals surface area contributed by atoms with Gasteiger partial charge in [-0.05, 0) is 31.7 Å². The molecular formula is C24H39NO7. The molecule has 6 fully saturated rings. The molecule has 32 heavy (non-hydrogen) atoms. The predicted octanol–water partition coefficient (Wildman–Crippen LogP) is -0.383. The van der Waals surface area contributed by atoms with Gasteiger partial charge in [0.1, 0.15) is 11.2 Å². The molecule has 6 aliphatic rings. The number of ether oxygens (including phenoxy) is 3. The van der Waals surface area contributed by atoms with Crippen molar-refractivity contribution in [2.24, 2.45) is 34.5 Å². The molecule has 182 valence electrons. The quantitative estimate of drug-likeness (QED) is 0.446. The van der Waals surface area contributed by atoms with Crippen molar-refractivity contribution in [1.82, 2.24) is 4.90 Å². The van der Waals surface area contributed by atoms with Crippen LogP contribution in [0.3, 0.4) is 0 Å². The SMILES string of the molecule is CCN1CC2(COC)CCC(O)C34C5CC6C(O)C5C(O)(C[C@@H]6OC)C(O)(C(OC)C23)C14. The van der Waals surface area contributed by atoms with E-state index in [1.165, 1.54) is 0 Å². The summed E-state index contributed by atoms with van der Waals surface area (Å²) >= 11 is 0. The van der Waals surface area contributed by atoms with E-state index in [4.69, 9.17) is 14.2 Å². The lowest BCUT2D eigenvalue weighted by Gasteiger charge is -2.69. The minimum absolute atomic E-state index is 0.102. The average Bonchev–Trinajstić information content (AvgIpc) is 3.14. The third-order valence-corrected chi connectivity index (χ3v) is 11.2. The summed E-state index contributed by atoms with van der Waals surface area (Å²) in [7, 11) is 4.95. The molecule has 8 heteroatoms. The van der Waals surface area contributed by atoms with E-state index in [-0.39, 0.29) is 35.7 Å². The van der Waals surface area contributed by atoms with Gasteiger partial charge < -0.3 is 34.6 Å². The second-order valence-electron chi connectivity index (χ2n) is 11.7. The van der Waals surface area contributed by atoms with Gasteiger partial charge in [-0.15, -0.1) is 0 Å². The molecular weight excluding hydrogens is 414 g/mol. The van der Waals surface area contributed by atoms with E-state index in [0.29, 0.717) is 26.0 Å². The van der Waals surface area contributed by atoms with E-state index >= 15 is 0 Å². The molecule has 5 aliphatic carbocycles. The highest BCUT2D eigenvalue weighted by Crippen LogP contribution is 2.80. The van der Waals surface area contributed by atoms with Crippen molar-refractivity contribution in [3.63, 3.8) is 0 Å². The summed E-state index contributed by atoms with van der Waals surface area (Å²) < 4.78 is 17.7. The normalized spacial score (nSPS) is 62.4. The molecule has 1 spiro atoms. The van der Waals surface area contributed by atoms with Gasteiger partial charge in [0, 0.05) is 62.9 Å². The minimum Gasteiger partial charge on any atom is -0.392 e. The Hall–Kier alpha value is -0.320. The molecule has 1 aliphatic heterocycles. The number of hydrogen-bond acceptors (Lipinski definition) is 8. The number of likely N-dealkylation sites (N-methyl/N-ethyl adjacent to an activating group) is 1. The molecule has 12 unspecified atom stereocenters. The van der Waals surface area contributed by atoms with Crippen molar-refractivity contribution >= 4 is 0 Å². The topological polar surface area (TPSA) is 112 Å². The minimum atomic E-state index is -1.63. The molecule has 4 N–H and O–H groups in total. The molecule has 7 bridgehead atoms. The van der Waals surface area contributed by atoms with Gasteiger partial charge in [-0.3, -0.25) is 4.90 Å². The molecule has 1 saturated heterocycles. The fraction of sp³-hybridized carbons (Fsp3) is 1.00. The molecule has 0 aromatic rings. The van der Waals surface area contributed by atoms with Crippen LogP contribution < -0.4 is 0 Å². The number of piperidine rings is 1. The molecule has 0 aromatic carbocycles. The zero-order valence-electron chi connectivity index (χ0n) is 19.6. The van der Waals surface area contributed by atoms with Crippen LogP contribution in [0.25, 0.3) is 0 Å². The lowest BCUT2D eigenvalue weighted by molar-refractivity contribution is -0.317. The Kier molecular flexibility index (Phi) is 4.62. The van der Waals surface area contributed by atoms with Gasteiger partial charge in [0.25, 0.3) is 0 Å². The van der Waals surface area contributed by atoms with Crippen LogP contribution in [0.2, 0.25) is 0 Å². The fourth-order valence-electron chi connectivity index (χ4n) is 10.7. The van der Waals surface area contributed by atoms with Crippen molar-refractivity contribution in [2.45, 2.75) is 74.3 Å². The van der Waals surface area contributed by atoms with Gasteiger partial charge >= 0.3 is 0 Å². The van der Waals surface area contributed by atoms with Gasteiger partial charge in [0.05, 0.1) is 37.1 Å². The van der Waals surface area contributed by atoms with Crippen molar-refractivity contribution in [1.29, 1.82) is 0 Å². The molecule has 5 saturated carbocycles. The van der Waals surface area contributed by atoms with E-state index in [0.717, 1.165) is 13.0 Å². The van der Waals surface area contributed by atoms with Gasteiger partial charge in [0.2, 0.25) is 0 Å². The first-order chi connectivity index (χ1) is 15.2. The monoisotopic (exact) mass is 453 g/mol. The molecule has 1 heterocycles. The Bertz CT molecular complexity index is 798. The molecule has 0 aromatic heterocycles. The van der Waals surface area contributed by atoms with Gasteiger partial charge in [-0.2, -0.15) is 0 Å². The van der Waals surface area contributed by atoms with Gasteiger partial charge in [0.15, 0.2) is 0 Å². The second-order valence-corrected chi connectivity index (χ2v) is 11.7. The zero-order valence-corrected chi connectivity index (χ0v) is 19.6. The maximum absolute atomic E-state index is 12.8. The highest BCUT2D eigenvalue weighted by molar-refractivity contribution is 5.41. The highest BCUT2D eigenvalue weighted by Gasteiger charge is 2.91. The summed E-state index contributed by atoms with van der Waals surface area (Å²) in [5, 5.41) is 48.5. The maximum atomic E-state index is 12.8. The van der Waals surface area contributed by atoms with Crippen molar-refractivity contribution in [3.05, 3.63) is 0 Å². The number of likely N-dealkylation sites (tertiary alicyclic amines) is 1. The van der Waals surface area contributed by atoms with Crippen LogP contribution in [0.5, 0.6) is 0 Å². The first-order valence-electron chi connectivity index (χ1n) is 12.3. The first-order valence-corrected chi connectivity index (χ1v) is 12.3. The van der Waals surface area contributed by atoms with E-state index in [9.17, 15) is 20.4 Å². The van der Waals surface area contributed by atoms with E-state index in [1.807, 2.05) is 0 Å². The largest absolute Gasteiger partial charge is 0.392 e. The highest BCUT2D eigenvalue weighted by atomic mass is 16.5. The lowest BCUT2D eigenvalue weighted by atomic mass is 9.42. The smallest absolute Gasteiger partial charge is 0.136 e. The van der Waals surface area contributed by atoms with Crippen molar-refractivity contribution in [3.8, 4) is 0 Å². The van der Waals surface area contributed by atoms with E-state index < -0.39 is 46.9 Å². The summed E-state index contributed by atoms with van der Waals surface area (Å²) in [6, 6.07) is -0.442. The van der Waals surface area contributed by atoms with Gasteiger partial charge in [-0.1, -0.05) is 6.92 Å². The molecule has 8 nitrogen and oxygen atoms in total. The average molecular weight is 454 g/mol. The Labute approximate surface area is 189 Å². The number of fused-ring (bicyclic) bond motifs is 2. The summed E-state index contributed by atoms with van der Waals surface area (Å²) in [5.74, 6) is -0.889. The number of nitrogens with zero attached hydrogens (tertiary/aromatic N) is 1. The standard InChI is InChI=1S/C24H39NO7/c1-5-25-10-21(11-30-2)7-6-15(26)23-13-8-12-14(31-3)9-22(28,16(13)17(12)27)24(29,20(23)25)19(32-4)18(21)23/h12-20,26-29H,5-11H2,1-4H3/t12?,13?,14-,15?,16?,17?,18?,19?,20?,21?,22?,23?,24?/m0/s1. The first kappa shape index (κ1) is 22.2. The molecule has 0 amide bonds. The molecule has 6 rings (SSSR count). The maximum Gasteiger partial charge on any atom is 0.136 e. The van der Waals surface area contributed by atoms with Gasteiger partial charge in [-0.25, -0.2) is 0 Å². The van der Waals surface area contributed by atoms with Crippen molar-refractivity contribution < 1.29 is 34.6 Å². The third-order valence-electron chi connectivity index (χ3n) is 11.2. The van der Waals surface area contributed by atoms with Crippen molar-refractivity contribution in [2.75, 3.05) is 41.0 Å². The summed E-state index contributed by atoms with van der Waals surface area (Å²) in [6.45, 7) is 4.05. The Morgan fingerprint density at radius 3 is 2.47 bits per heavy atom. The van der Waals surface area contributed by atoms with Crippen LogP contribution in [-0.2, 0) is 14.2 Å². The lowest BCUT2D eigenvalue weighted by Crippen LogP contribution is -2.81. The Morgan fingerprint density at radius 2 is 1.84 bits per heavy atom. The number of rotatable bonds is 5. The van der Waals surface area contributed by atoms with Crippen LogP contribution in [0, 0.1) is 34.5 Å². The van der Waals surface area contributed by atoms with Crippen LogP contribution in [0.15, 0.2) is 0 Å². The molecule has 0 radical (unpaired) electrons. The summed E-state index contributed by atoms with van der Waals surface area (Å²) in [6.07, 6.45) is -0.0296. The van der Waals surface area contributed by atoms with Crippen LogP contribution in [0.4, 0.5) is 0 Å². The van der Waals surface area contributed by atoms with Crippen LogP contribution >= 0.6 is 0 Å². The van der Waals surface area contributed by atoms with Crippen LogP contribution in [0.1, 0.15) is 32.6 Å². The number of methoxy groups -OCH3 is 3. The number of aliphatic hydroxyl groups excluding tert-OH is 2. The van der Waals surface area contributed by atoms with E-state index in [1.54, 1.807) is 21.3 Å². The zero-order chi connectivity index (χ0) is 22.8. The second kappa shape index (κ2) is 6.66. The fourth-order valence-corrected chi connectivity index (χ4v) is 10.7. The predicted molar refractivity (Wildman–Crippen MR) is 114 cm³/mol.